The van der Waals surface area contributed by atoms with Gasteiger partial charge in [0, 0.05) is 36.3 Å². The van der Waals surface area contributed by atoms with E-state index in [1.165, 1.54) is 0 Å². The van der Waals surface area contributed by atoms with Gasteiger partial charge < -0.3 is 10.1 Å². The fourth-order valence-electron chi connectivity index (χ4n) is 3.12. The summed E-state index contributed by atoms with van der Waals surface area (Å²) in [5.41, 5.74) is 5.43. The molecule has 0 aliphatic heterocycles. The number of carbonyl (C=O) groups excluding carboxylic acids is 1. The molecule has 2 aromatic carbocycles. The van der Waals surface area contributed by atoms with E-state index < -0.39 is 0 Å². The summed E-state index contributed by atoms with van der Waals surface area (Å²) < 4.78 is 5.27. The van der Waals surface area contributed by atoms with Gasteiger partial charge >= 0.3 is 0 Å². The Labute approximate surface area is 175 Å². The summed E-state index contributed by atoms with van der Waals surface area (Å²) >= 11 is 0. The smallest absolute Gasteiger partial charge is 0.251 e. The van der Waals surface area contributed by atoms with Gasteiger partial charge in [-0.3, -0.25) is 14.8 Å². The normalized spacial score (nSPS) is 10.4. The molecule has 0 aliphatic carbocycles. The van der Waals surface area contributed by atoms with Crippen LogP contribution >= 0.6 is 0 Å². The molecule has 5 heteroatoms. The van der Waals surface area contributed by atoms with Gasteiger partial charge in [0.05, 0.1) is 12.8 Å². The van der Waals surface area contributed by atoms with Crippen molar-refractivity contribution in [2.75, 3.05) is 7.11 Å². The van der Waals surface area contributed by atoms with Crippen LogP contribution in [0, 0.1) is 0 Å². The van der Waals surface area contributed by atoms with Crippen LogP contribution in [0.5, 0.6) is 5.75 Å². The predicted octanol–water partition coefficient (Wildman–Crippen LogP) is 4.75. The number of nitrogens with zero attached hydrogens (tertiary/aromatic N) is 2. The average molecular weight is 395 g/mol. The maximum absolute atomic E-state index is 12.5. The first-order chi connectivity index (χ1) is 14.7. The highest BCUT2D eigenvalue weighted by molar-refractivity contribution is 5.94. The van der Waals surface area contributed by atoms with Crippen LogP contribution in [-0.4, -0.2) is 23.0 Å². The molecular formula is C25H21N3O2. The summed E-state index contributed by atoms with van der Waals surface area (Å²) in [6.45, 7) is 0.413. The number of hydrogen-bond donors (Lipinski definition) is 1. The summed E-state index contributed by atoms with van der Waals surface area (Å²) in [7, 11) is 1.65. The third kappa shape index (κ3) is 4.52. The molecule has 4 rings (SSSR count). The molecule has 0 radical (unpaired) electrons. The van der Waals surface area contributed by atoms with Gasteiger partial charge in [0.2, 0.25) is 0 Å². The van der Waals surface area contributed by atoms with Gasteiger partial charge in [-0.2, -0.15) is 0 Å². The number of amides is 1. The first-order valence-corrected chi connectivity index (χ1v) is 9.61. The van der Waals surface area contributed by atoms with Crippen LogP contribution in [0.25, 0.3) is 22.4 Å². The van der Waals surface area contributed by atoms with Crippen molar-refractivity contribution < 1.29 is 9.53 Å². The van der Waals surface area contributed by atoms with E-state index >= 15 is 0 Å². The van der Waals surface area contributed by atoms with Gasteiger partial charge in [-0.25, -0.2) is 0 Å². The number of pyridine rings is 2. The highest BCUT2D eigenvalue weighted by atomic mass is 16.5. The van der Waals surface area contributed by atoms with Crippen LogP contribution in [0.15, 0.2) is 91.4 Å². The molecule has 2 heterocycles. The minimum atomic E-state index is -0.122. The van der Waals surface area contributed by atoms with E-state index in [2.05, 4.69) is 15.3 Å². The van der Waals surface area contributed by atoms with Gasteiger partial charge in [-0.15, -0.1) is 0 Å². The van der Waals surface area contributed by atoms with Gasteiger partial charge in [-0.05, 0) is 59.2 Å². The zero-order chi connectivity index (χ0) is 20.8. The maximum atomic E-state index is 12.5. The topological polar surface area (TPSA) is 64.1 Å². The molecule has 5 nitrogen and oxygen atoms in total. The van der Waals surface area contributed by atoms with Gasteiger partial charge in [-0.1, -0.05) is 30.3 Å². The lowest BCUT2D eigenvalue weighted by Crippen LogP contribution is -2.22. The largest absolute Gasteiger partial charge is 0.497 e. The number of carbonyl (C=O) groups is 1. The highest BCUT2D eigenvalue weighted by Crippen LogP contribution is 2.24. The van der Waals surface area contributed by atoms with Crippen LogP contribution in [-0.2, 0) is 6.54 Å². The Morgan fingerprint density at radius 1 is 0.900 bits per heavy atom. The average Bonchev–Trinajstić information content (AvgIpc) is 2.83. The summed E-state index contributed by atoms with van der Waals surface area (Å²) in [5.74, 6) is 0.681. The monoisotopic (exact) mass is 395 g/mol. The number of nitrogens with one attached hydrogen (secondary N) is 1. The quantitative estimate of drug-likeness (QED) is 0.512. The van der Waals surface area contributed by atoms with Crippen molar-refractivity contribution in [2.45, 2.75) is 6.54 Å². The van der Waals surface area contributed by atoms with Crippen molar-refractivity contribution in [3.63, 3.8) is 0 Å². The third-order valence-corrected chi connectivity index (χ3v) is 4.79. The number of methoxy groups -OCH3 is 1. The molecule has 0 bridgehead atoms. The number of hydrogen-bond acceptors (Lipinski definition) is 4. The van der Waals surface area contributed by atoms with Crippen LogP contribution in [0.2, 0.25) is 0 Å². The van der Waals surface area contributed by atoms with Crippen molar-refractivity contribution in [3.05, 3.63) is 103 Å². The van der Waals surface area contributed by atoms with E-state index in [4.69, 9.17) is 4.74 Å². The Hall–Kier alpha value is -3.99. The van der Waals surface area contributed by atoms with Crippen molar-refractivity contribution in [1.82, 2.24) is 15.3 Å². The molecule has 0 saturated carbocycles. The molecule has 2 aromatic heterocycles. The molecule has 0 fully saturated rings. The molecule has 0 spiro atoms. The number of rotatable bonds is 6. The van der Waals surface area contributed by atoms with Crippen LogP contribution in [0.4, 0.5) is 0 Å². The second kappa shape index (κ2) is 9.01. The van der Waals surface area contributed by atoms with Crippen LogP contribution in [0.1, 0.15) is 15.9 Å². The van der Waals surface area contributed by atoms with Crippen LogP contribution < -0.4 is 10.1 Å². The van der Waals surface area contributed by atoms with E-state index in [-0.39, 0.29) is 5.91 Å². The first-order valence-electron chi connectivity index (χ1n) is 9.61. The molecule has 30 heavy (non-hydrogen) atoms. The molecule has 0 saturated heterocycles. The minimum absolute atomic E-state index is 0.122. The Morgan fingerprint density at radius 2 is 1.73 bits per heavy atom. The van der Waals surface area contributed by atoms with E-state index in [1.807, 2.05) is 72.8 Å². The van der Waals surface area contributed by atoms with Crippen LogP contribution in [0.3, 0.4) is 0 Å². The van der Waals surface area contributed by atoms with Gasteiger partial charge in [0.15, 0.2) is 0 Å². The van der Waals surface area contributed by atoms with Crippen molar-refractivity contribution in [2.24, 2.45) is 0 Å². The van der Waals surface area contributed by atoms with Crippen molar-refractivity contribution >= 4 is 5.91 Å². The van der Waals surface area contributed by atoms with E-state index in [9.17, 15) is 4.79 Å². The first kappa shape index (κ1) is 19.3. The number of benzene rings is 2. The van der Waals surface area contributed by atoms with Crippen molar-refractivity contribution in [1.29, 1.82) is 0 Å². The maximum Gasteiger partial charge on any atom is 0.251 e. The lowest BCUT2D eigenvalue weighted by molar-refractivity contribution is 0.0951. The van der Waals surface area contributed by atoms with Gasteiger partial charge in [0.25, 0.3) is 5.91 Å². The molecule has 0 unspecified atom stereocenters. The summed E-state index contributed by atoms with van der Waals surface area (Å²) in [5, 5.41) is 2.94. The lowest BCUT2D eigenvalue weighted by atomic mass is 10.0. The number of ether oxygens (including phenoxy) is 1. The molecule has 148 valence electrons. The molecule has 0 aliphatic rings. The van der Waals surface area contributed by atoms with E-state index in [0.29, 0.717) is 12.1 Å². The Balaban J connectivity index is 1.38. The molecule has 1 amide bonds. The fraction of sp³-hybridized carbons (Fsp3) is 0.0800. The standard InChI is InChI=1S/C25H21N3O2/c1-30-23-6-2-4-21(14-23)19-8-10-20(11-9-19)25(29)28-16-18-7-12-24(27-15-18)22-5-3-13-26-17-22/h2-15,17H,16H2,1H3,(H,28,29). The second-order valence-electron chi connectivity index (χ2n) is 6.79. The zero-order valence-corrected chi connectivity index (χ0v) is 16.6. The predicted molar refractivity (Wildman–Crippen MR) is 117 cm³/mol. The molecule has 1 N–H and O–H groups in total. The van der Waals surface area contributed by atoms with E-state index in [0.717, 1.165) is 33.7 Å². The van der Waals surface area contributed by atoms with E-state index in [1.54, 1.807) is 25.7 Å². The minimum Gasteiger partial charge on any atom is -0.497 e. The number of aromatic nitrogens is 2. The lowest BCUT2D eigenvalue weighted by Gasteiger charge is -2.08. The third-order valence-electron chi connectivity index (χ3n) is 4.79. The van der Waals surface area contributed by atoms with Crippen molar-refractivity contribution in [3.8, 4) is 28.1 Å². The highest BCUT2D eigenvalue weighted by Gasteiger charge is 2.07. The zero-order valence-electron chi connectivity index (χ0n) is 16.6. The van der Waals surface area contributed by atoms with Gasteiger partial charge in [0.1, 0.15) is 5.75 Å². The Bertz CT molecular complexity index is 1130. The molecular weight excluding hydrogens is 374 g/mol. The fourth-order valence-corrected chi connectivity index (χ4v) is 3.12. The molecule has 0 atom stereocenters. The summed E-state index contributed by atoms with van der Waals surface area (Å²) in [6, 6.07) is 23.1. The SMILES string of the molecule is COc1cccc(-c2ccc(C(=O)NCc3ccc(-c4cccnc4)nc3)cc2)c1. The summed E-state index contributed by atoms with van der Waals surface area (Å²) in [4.78, 5) is 21.1. The molecule has 4 aromatic rings. The Kier molecular flexibility index (Phi) is 5.80. The second-order valence-corrected chi connectivity index (χ2v) is 6.79. The Morgan fingerprint density at radius 3 is 2.43 bits per heavy atom. The summed E-state index contributed by atoms with van der Waals surface area (Å²) in [6.07, 6.45) is 5.28.